The highest BCUT2D eigenvalue weighted by Crippen LogP contribution is 2.37. The molecule has 154 valence electrons. The van der Waals surface area contributed by atoms with Gasteiger partial charge in [-0.25, -0.2) is 0 Å². The third kappa shape index (κ3) is 5.64. The quantitative estimate of drug-likeness (QED) is 0.280. The van der Waals surface area contributed by atoms with Crippen molar-refractivity contribution in [1.82, 2.24) is 0 Å². The summed E-state index contributed by atoms with van der Waals surface area (Å²) in [7, 11) is 1.69. The van der Waals surface area contributed by atoms with Crippen molar-refractivity contribution in [3.8, 4) is 5.75 Å². The van der Waals surface area contributed by atoms with E-state index in [4.69, 9.17) is 9.73 Å². The van der Waals surface area contributed by atoms with Crippen molar-refractivity contribution in [3.05, 3.63) is 95.6 Å². The Morgan fingerprint density at radius 2 is 1.70 bits per heavy atom. The van der Waals surface area contributed by atoms with E-state index < -0.39 is 0 Å². The fourth-order valence-corrected chi connectivity index (χ4v) is 3.96. The Kier molecular flexibility index (Phi) is 7.53. The van der Waals surface area contributed by atoms with E-state index in [1.807, 2.05) is 30.5 Å². The van der Waals surface area contributed by atoms with Gasteiger partial charge < -0.3 is 4.74 Å². The minimum Gasteiger partial charge on any atom is -0.497 e. The molecule has 30 heavy (non-hydrogen) atoms. The fourth-order valence-electron chi connectivity index (χ4n) is 3.39. The molecular weight excluding hydrogens is 386 g/mol. The number of nitrogens with zero attached hydrogens (tertiary/aromatic N) is 1. The molecule has 0 saturated carbocycles. The Labute approximate surface area is 184 Å². The second kappa shape index (κ2) is 10.3. The molecule has 0 heterocycles. The van der Waals surface area contributed by atoms with Crippen LogP contribution >= 0.6 is 11.8 Å². The molecule has 0 aliphatic heterocycles. The third-order valence-electron chi connectivity index (χ3n) is 5.15. The minimum atomic E-state index is -0.0662. The Morgan fingerprint density at radius 3 is 2.43 bits per heavy atom. The van der Waals surface area contributed by atoms with Crippen molar-refractivity contribution in [2.24, 2.45) is 4.99 Å². The van der Waals surface area contributed by atoms with Crippen molar-refractivity contribution in [1.29, 1.82) is 0 Å². The van der Waals surface area contributed by atoms with Crippen molar-refractivity contribution in [3.63, 3.8) is 0 Å². The number of hydrogen-bond donors (Lipinski definition) is 0. The van der Waals surface area contributed by atoms with Gasteiger partial charge in [0.1, 0.15) is 5.75 Å². The predicted octanol–water partition coefficient (Wildman–Crippen LogP) is 7.55. The van der Waals surface area contributed by atoms with E-state index in [-0.39, 0.29) is 5.41 Å². The molecule has 3 rings (SSSR count). The van der Waals surface area contributed by atoms with Crippen LogP contribution in [-0.4, -0.2) is 19.6 Å². The van der Waals surface area contributed by atoms with E-state index in [1.165, 1.54) is 16.0 Å². The molecule has 0 spiro atoms. The molecule has 0 saturated heterocycles. The average molecular weight is 416 g/mol. The summed E-state index contributed by atoms with van der Waals surface area (Å²) in [6.07, 6.45) is 9.39. The lowest BCUT2D eigenvalue weighted by atomic mass is 9.80. The lowest BCUT2D eigenvalue weighted by molar-refractivity contribution is 0.414. The first kappa shape index (κ1) is 21.9. The standard InChI is InChI=1S/C27H29NOS/c1-27(2,18-10-13-21-11-6-5-7-12-21)24-17-16-23(29-3)19-25(24)28-20-22-14-8-9-15-26(22)30-4/h5-17,19-20H,18H2,1-4H3/b13-10+,28-20?. The number of ether oxygens (including phenoxy) is 1. The highest BCUT2D eigenvalue weighted by atomic mass is 32.2. The Bertz CT molecular complexity index is 1020. The highest BCUT2D eigenvalue weighted by molar-refractivity contribution is 7.98. The van der Waals surface area contributed by atoms with Crippen LogP contribution in [0.15, 0.2) is 88.8 Å². The number of benzene rings is 3. The average Bonchev–Trinajstić information content (AvgIpc) is 2.78. The van der Waals surface area contributed by atoms with Crippen LogP contribution in [0.1, 0.15) is 37.0 Å². The van der Waals surface area contributed by atoms with Gasteiger partial charge >= 0.3 is 0 Å². The predicted molar refractivity (Wildman–Crippen MR) is 132 cm³/mol. The molecule has 3 aromatic carbocycles. The van der Waals surface area contributed by atoms with Gasteiger partial charge in [0.25, 0.3) is 0 Å². The molecule has 0 aromatic heterocycles. The molecule has 3 heteroatoms. The molecule has 0 radical (unpaired) electrons. The Morgan fingerprint density at radius 1 is 0.967 bits per heavy atom. The summed E-state index contributed by atoms with van der Waals surface area (Å²) < 4.78 is 5.47. The number of allylic oxidation sites excluding steroid dienone is 1. The lowest BCUT2D eigenvalue weighted by Gasteiger charge is -2.25. The Hall–Kier alpha value is -2.78. The van der Waals surface area contributed by atoms with Crippen LogP contribution in [0.2, 0.25) is 0 Å². The molecule has 3 aromatic rings. The van der Waals surface area contributed by atoms with Crippen LogP contribution in [0.25, 0.3) is 6.08 Å². The zero-order chi connectivity index (χ0) is 21.4. The van der Waals surface area contributed by atoms with Gasteiger partial charge in [0, 0.05) is 22.7 Å². The van der Waals surface area contributed by atoms with E-state index in [0.29, 0.717) is 0 Å². The molecule has 0 amide bonds. The lowest BCUT2D eigenvalue weighted by Crippen LogP contribution is -2.16. The summed E-state index contributed by atoms with van der Waals surface area (Å²) in [5.41, 5.74) is 4.43. The smallest absolute Gasteiger partial charge is 0.121 e. The van der Waals surface area contributed by atoms with E-state index in [1.54, 1.807) is 18.9 Å². The van der Waals surface area contributed by atoms with Crippen LogP contribution in [0.3, 0.4) is 0 Å². The van der Waals surface area contributed by atoms with Gasteiger partial charge in [0.15, 0.2) is 0 Å². The van der Waals surface area contributed by atoms with Crippen molar-refractivity contribution >= 4 is 29.7 Å². The number of aliphatic imine (C=N–C) groups is 1. The van der Waals surface area contributed by atoms with E-state index in [0.717, 1.165) is 23.4 Å². The molecule has 0 aliphatic carbocycles. The van der Waals surface area contributed by atoms with Gasteiger partial charge in [0.2, 0.25) is 0 Å². The SMILES string of the molecule is COc1ccc(C(C)(C)C/C=C/c2ccccc2)c(N=Cc2ccccc2SC)c1. The number of methoxy groups -OCH3 is 1. The molecular formula is C27H29NOS. The maximum absolute atomic E-state index is 5.47. The van der Waals surface area contributed by atoms with Crippen molar-refractivity contribution in [2.75, 3.05) is 13.4 Å². The van der Waals surface area contributed by atoms with Gasteiger partial charge in [-0.3, -0.25) is 4.99 Å². The third-order valence-corrected chi connectivity index (χ3v) is 5.97. The van der Waals surface area contributed by atoms with E-state index >= 15 is 0 Å². The molecule has 0 N–H and O–H groups in total. The van der Waals surface area contributed by atoms with Crippen LogP contribution < -0.4 is 4.74 Å². The monoisotopic (exact) mass is 415 g/mol. The number of hydrogen-bond acceptors (Lipinski definition) is 3. The van der Waals surface area contributed by atoms with Gasteiger partial charge in [-0.1, -0.05) is 80.6 Å². The molecule has 0 aliphatic rings. The maximum atomic E-state index is 5.47. The summed E-state index contributed by atoms with van der Waals surface area (Å²) in [6, 6.07) is 24.9. The van der Waals surface area contributed by atoms with Crippen LogP contribution in [0.5, 0.6) is 5.75 Å². The van der Waals surface area contributed by atoms with Crippen molar-refractivity contribution in [2.45, 2.75) is 30.6 Å². The van der Waals surface area contributed by atoms with E-state index in [2.05, 4.69) is 80.8 Å². The van der Waals surface area contributed by atoms with Crippen LogP contribution in [0.4, 0.5) is 5.69 Å². The fraction of sp³-hybridized carbons (Fsp3) is 0.222. The van der Waals surface area contributed by atoms with Gasteiger partial charge in [-0.15, -0.1) is 11.8 Å². The largest absolute Gasteiger partial charge is 0.497 e. The van der Waals surface area contributed by atoms with E-state index in [9.17, 15) is 0 Å². The minimum absolute atomic E-state index is 0.0662. The normalized spacial score (nSPS) is 12.0. The number of rotatable bonds is 8. The second-order valence-electron chi connectivity index (χ2n) is 7.78. The van der Waals surface area contributed by atoms with Crippen LogP contribution in [-0.2, 0) is 5.41 Å². The number of thioether (sulfide) groups is 1. The Balaban J connectivity index is 1.90. The summed E-state index contributed by atoms with van der Waals surface area (Å²) >= 11 is 1.73. The first-order valence-electron chi connectivity index (χ1n) is 10.1. The first-order chi connectivity index (χ1) is 14.5. The first-order valence-corrected chi connectivity index (χ1v) is 11.3. The summed E-state index contributed by atoms with van der Waals surface area (Å²) in [6.45, 7) is 4.53. The van der Waals surface area contributed by atoms with Crippen LogP contribution in [0, 0.1) is 0 Å². The molecule has 2 nitrogen and oxygen atoms in total. The molecule has 0 unspecified atom stereocenters. The van der Waals surface area contributed by atoms with Gasteiger partial charge in [-0.2, -0.15) is 0 Å². The second-order valence-corrected chi connectivity index (χ2v) is 8.63. The highest BCUT2D eigenvalue weighted by Gasteiger charge is 2.23. The van der Waals surface area contributed by atoms with Crippen molar-refractivity contribution < 1.29 is 4.74 Å². The summed E-state index contributed by atoms with van der Waals surface area (Å²) in [5.74, 6) is 0.819. The molecule has 0 bridgehead atoms. The summed E-state index contributed by atoms with van der Waals surface area (Å²) in [5, 5.41) is 0. The molecule has 0 fully saturated rings. The molecule has 0 atom stereocenters. The summed E-state index contributed by atoms with van der Waals surface area (Å²) in [4.78, 5) is 6.10. The topological polar surface area (TPSA) is 21.6 Å². The maximum Gasteiger partial charge on any atom is 0.121 e. The van der Waals surface area contributed by atoms with Gasteiger partial charge in [0.05, 0.1) is 12.8 Å². The van der Waals surface area contributed by atoms with Gasteiger partial charge in [-0.05, 0) is 41.4 Å². The zero-order valence-electron chi connectivity index (χ0n) is 18.1. The zero-order valence-corrected chi connectivity index (χ0v) is 18.9.